The van der Waals surface area contributed by atoms with Crippen LogP contribution < -0.4 is 4.74 Å². The van der Waals surface area contributed by atoms with Crippen molar-refractivity contribution < 1.29 is 13.5 Å². The highest BCUT2D eigenvalue weighted by Crippen LogP contribution is 2.27. The number of methoxy groups -OCH3 is 1. The molecule has 1 fully saturated rings. The number of hydrogen-bond donors (Lipinski definition) is 0. The molecular weight excluding hydrogens is 224 g/mol. The van der Waals surface area contributed by atoms with E-state index in [0.29, 0.717) is 13.0 Å². The minimum absolute atomic E-state index is 0.0200. The number of hydrogen-bond acceptors (Lipinski definition) is 2. The van der Waals surface area contributed by atoms with E-state index in [1.807, 2.05) is 29.2 Å². The first kappa shape index (κ1) is 12.3. The van der Waals surface area contributed by atoms with Crippen molar-refractivity contribution in [2.24, 2.45) is 0 Å². The maximum atomic E-state index is 13.2. The van der Waals surface area contributed by atoms with Crippen molar-refractivity contribution in [3.63, 3.8) is 0 Å². The third-order valence-electron chi connectivity index (χ3n) is 3.04. The van der Waals surface area contributed by atoms with Crippen LogP contribution in [0.4, 0.5) is 8.78 Å². The van der Waals surface area contributed by atoms with Gasteiger partial charge in [0.25, 0.3) is 5.92 Å². The third-order valence-corrected chi connectivity index (χ3v) is 3.04. The molecule has 0 unspecified atom stereocenters. The van der Waals surface area contributed by atoms with E-state index in [2.05, 4.69) is 0 Å². The van der Waals surface area contributed by atoms with Crippen LogP contribution in [-0.2, 0) is 6.54 Å². The summed E-state index contributed by atoms with van der Waals surface area (Å²) in [5, 5.41) is 0. The molecule has 0 spiro atoms. The predicted molar refractivity (Wildman–Crippen MR) is 62.5 cm³/mol. The van der Waals surface area contributed by atoms with Gasteiger partial charge in [0.15, 0.2) is 0 Å². The smallest absolute Gasteiger partial charge is 0.260 e. The van der Waals surface area contributed by atoms with E-state index >= 15 is 0 Å². The molecule has 1 aromatic carbocycles. The molecule has 1 saturated heterocycles. The summed E-state index contributed by atoms with van der Waals surface area (Å²) in [6.07, 6.45) is 0.593. The molecule has 2 rings (SSSR count). The van der Waals surface area contributed by atoms with Crippen LogP contribution in [0.5, 0.6) is 5.75 Å². The maximum Gasteiger partial charge on any atom is 0.260 e. The van der Waals surface area contributed by atoms with Crippen molar-refractivity contribution in [2.45, 2.75) is 25.3 Å². The highest BCUT2D eigenvalue weighted by Gasteiger charge is 2.34. The number of halogens is 2. The van der Waals surface area contributed by atoms with E-state index in [-0.39, 0.29) is 13.0 Å². The Hall–Kier alpha value is -1.16. The van der Waals surface area contributed by atoms with Crippen molar-refractivity contribution in [3.8, 4) is 5.75 Å². The van der Waals surface area contributed by atoms with Gasteiger partial charge in [0.2, 0.25) is 0 Å². The van der Waals surface area contributed by atoms with Crippen LogP contribution in [0.15, 0.2) is 24.3 Å². The first-order chi connectivity index (χ1) is 8.09. The predicted octanol–water partition coefficient (Wildman–Crippen LogP) is 2.93. The monoisotopic (exact) mass is 241 g/mol. The molecule has 0 radical (unpaired) electrons. The van der Waals surface area contributed by atoms with Crippen LogP contribution in [-0.4, -0.2) is 31.0 Å². The molecule has 0 N–H and O–H groups in total. The second-order valence-electron chi connectivity index (χ2n) is 4.52. The standard InChI is InChI=1S/C13H17F2NO/c1-17-12-5-3-11(4-6-12)9-16-8-2-7-13(14,15)10-16/h3-6H,2,7-10H2,1H3. The molecule has 1 heterocycles. The summed E-state index contributed by atoms with van der Waals surface area (Å²) in [7, 11) is 1.61. The molecule has 94 valence electrons. The van der Waals surface area contributed by atoms with E-state index in [1.54, 1.807) is 7.11 Å². The quantitative estimate of drug-likeness (QED) is 0.806. The molecule has 1 aromatic rings. The highest BCUT2D eigenvalue weighted by atomic mass is 19.3. The van der Waals surface area contributed by atoms with Crippen molar-refractivity contribution in [3.05, 3.63) is 29.8 Å². The van der Waals surface area contributed by atoms with Gasteiger partial charge in [-0.25, -0.2) is 8.78 Å². The van der Waals surface area contributed by atoms with Crippen molar-refractivity contribution in [2.75, 3.05) is 20.2 Å². The number of likely N-dealkylation sites (tertiary alicyclic amines) is 1. The van der Waals surface area contributed by atoms with Gasteiger partial charge in [0.1, 0.15) is 5.75 Å². The van der Waals surface area contributed by atoms with Gasteiger partial charge in [0.05, 0.1) is 13.7 Å². The summed E-state index contributed by atoms with van der Waals surface area (Å²) in [5.74, 6) is -1.73. The highest BCUT2D eigenvalue weighted by molar-refractivity contribution is 5.27. The summed E-state index contributed by atoms with van der Waals surface area (Å²) >= 11 is 0. The van der Waals surface area contributed by atoms with Crippen LogP contribution >= 0.6 is 0 Å². The SMILES string of the molecule is COc1ccc(CN2CCCC(F)(F)C2)cc1. The van der Waals surface area contributed by atoms with Crippen molar-refractivity contribution in [1.29, 1.82) is 0 Å². The third kappa shape index (κ3) is 3.40. The molecule has 1 aliphatic rings. The van der Waals surface area contributed by atoms with Gasteiger partial charge in [-0.05, 0) is 30.7 Å². The van der Waals surface area contributed by atoms with Gasteiger partial charge in [0, 0.05) is 13.0 Å². The van der Waals surface area contributed by atoms with Crippen LogP contribution in [0.2, 0.25) is 0 Å². The molecule has 0 aromatic heterocycles. The summed E-state index contributed by atoms with van der Waals surface area (Å²) < 4.78 is 31.5. The lowest BCUT2D eigenvalue weighted by atomic mass is 10.1. The summed E-state index contributed by atoms with van der Waals surface area (Å²) in [6.45, 7) is 1.21. The van der Waals surface area contributed by atoms with E-state index < -0.39 is 5.92 Å². The van der Waals surface area contributed by atoms with Crippen molar-refractivity contribution in [1.82, 2.24) is 4.90 Å². The van der Waals surface area contributed by atoms with Crippen LogP contribution in [0.1, 0.15) is 18.4 Å². The number of alkyl halides is 2. The summed E-state index contributed by atoms with van der Waals surface area (Å²) in [4.78, 5) is 1.81. The van der Waals surface area contributed by atoms with Gasteiger partial charge >= 0.3 is 0 Å². The van der Waals surface area contributed by atoms with E-state index in [4.69, 9.17) is 4.74 Å². The Labute approximate surface area is 100 Å². The average Bonchev–Trinajstić information content (AvgIpc) is 2.29. The normalized spacial score (nSPS) is 20.2. The molecule has 1 aliphatic heterocycles. The summed E-state index contributed by atoms with van der Waals surface area (Å²) in [5.41, 5.74) is 1.04. The van der Waals surface area contributed by atoms with E-state index in [0.717, 1.165) is 17.9 Å². The zero-order valence-corrected chi connectivity index (χ0v) is 9.96. The fourth-order valence-corrected chi connectivity index (χ4v) is 2.17. The Morgan fingerprint density at radius 3 is 2.59 bits per heavy atom. The fourth-order valence-electron chi connectivity index (χ4n) is 2.17. The molecule has 0 saturated carbocycles. The Bertz CT molecular complexity index is 364. The van der Waals surface area contributed by atoms with Crippen LogP contribution in [0.3, 0.4) is 0 Å². The number of piperidine rings is 1. The van der Waals surface area contributed by atoms with E-state index in [1.165, 1.54) is 0 Å². The van der Waals surface area contributed by atoms with Gasteiger partial charge in [-0.3, -0.25) is 4.90 Å². The first-order valence-corrected chi connectivity index (χ1v) is 5.82. The Balaban J connectivity index is 1.95. The van der Waals surface area contributed by atoms with Crippen LogP contribution in [0.25, 0.3) is 0 Å². The Kier molecular flexibility index (Phi) is 3.62. The zero-order valence-electron chi connectivity index (χ0n) is 9.96. The molecule has 2 nitrogen and oxygen atoms in total. The first-order valence-electron chi connectivity index (χ1n) is 5.82. The Morgan fingerprint density at radius 2 is 2.00 bits per heavy atom. The fraction of sp³-hybridized carbons (Fsp3) is 0.538. The van der Waals surface area contributed by atoms with Gasteiger partial charge < -0.3 is 4.74 Å². The lowest BCUT2D eigenvalue weighted by Crippen LogP contribution is -2.41. The minimum Gasteiger partial charge on any atom is -0.497 e. The van der Waals surface area contributed by atoms with Gasteiger partial charge in [-0.15, -0.1) is 0 Å². The minimum atomic E-state index is -2.52. The van der Waals surface area contributed by atoms with Gasteiger partial charge in [-0.2, -0.15) is 0 Å². The summed E-state index contributed by atoms with van der Waals surface area (Å²) in [6, 6.07) is 7.56. The topological polar surface area (TPSA) is 12.5 Å². The largest absolute Gasteiger partial charge is 0.497 e. The maximum absolute atomic E-state index is 13.2. The Morgan fingerprint density at radius 1 is 1.29 bits per heavy atom. The van der Waals surface area contributed by atoms with Gasteiger partial charge in [-0.1, -0.05) is 12.1 Å². The number of rotatable bonds is 3. The number of ether oxygens (including phenoxy) is 1. The molecule has 0 atom stereocenters. The van der Waals surface area contributed by atoms with Crippen LogP contribution in [0, 0.1) is 0 Å². The zero-order chi connectivity index (χ0) is 12.3. The molecule has 4 heteroatoms. The molecule has 0 amide bonds. The second-order valence-corrected chi connectivity index (χ2v) is 4.52. The lowest BCUT2D eigenvalue weighted by Gasteiger charge is -2.32. The molecule has 0 aliphatic carbocycles. The number of nitrogens with zero attached hydrogens (tertiary/aromatic N) is 1. The average molecular weight is 241 g/mol. The lowest BCUT2D eigenvalue weighted by molar-refractivity contribution is -0.0661. The molecule has 0 bridgehead atoms. The molecular formula is C13H17F2NO. The van der Waals surface area contributed by atoms with E-state index in [9.17, 15) is 8.78 Å². The number of benzene rings is 1. The second kappa shape index (κ2) is 5.00. The molecule has 17 heavy (non-hydrogen) atoms. The van der Waals surface area contributed by atoms with Crippen molar-refractivity contribution >= 4 is 0 Å².